The van der Waals surface area contributed by atoms with Crippen molar-refractivity contribution in [3.63, 3.8) is 0 Å². The Morgan fingerprint density at radius 1 is 0.926 bits per heavy atom. The highest BCUT2D eigenvalue weighted by molar-refractivity contribution is 5.94. The van der Waals surface area contributed by atoms with Crippen molar-refractivity contribution < 1.29 is 9.53 Å². The lowest BCUT2D eigenvalue weighted by molar-refractivity contribution is 0.0715. The highest BCUT2D eigenvalue weighted by Gasteiger charge is 2.28. The molecule has 0 heterocycles. The molecular weight excluding hydrogens is 334 g/mol. The van der Waals surface area contributed by atoms with E-state index in [9.17, 15) is 4.79 Å². The third-order valence-electron chi connectivity index (χ3n) is 4.76. The summed E-state index contributed by atoms with van der Waals surface area (Å²) in [7, 11) is 1.67. The number of rotatable bonds is 6. The minimum atomic E-state index is -0.223. The molecule has 138 valence electrons. The Labute approximate surface area is 161 Å². The number of hydrogen-bond acceptors (Lipinski definition) is 2. The maximum Gasteiger partial charge on any atom is 0.254 e. The van der Waals surface area contributed by atoms with Crippen molar-refractivity contribution in [1.82, 2.24) is 4.90 Å². The lowest BCUT2D eigenvalue weighted by atomic mass is 9.94. The molecule has 0 bridgehead atoms. The van der Waals surface area contributed by atoms with Crippen molar-refractivity contribution >= 4 is 5.91 Å². The molecule has 0 spiro atoms. The van der Waals surface area contributed by atoms with Crippen LogP contribution in [0.25, 0.3) is 0 Å². The molecule has 0 aliphatic rings. The molecule has 0 aromatic heterocycles. The zero-order chi connectivity index (χ0) is 19.2. The molecule has 1 unspecified atom stereocenters. The zero-order valence-corrected chi connectivity index (χ0v) is 16.1. The van der Waals surface area contributed by atoms with Crippen LogP contribution >= 0.6 is 0 Å². The molecule has 1 amide bonds. The Hall–Kier alpha value is -3.07. The van der Waals surface area contributed by atoms with E-state index in [0.29, 0.717) is 12.1 Å². The molecule has 0 radical (unpaired) electrons. The fraction of sp³-hybridized carbons (Fsp3) is 0.208. The van der Waals surface area contributed by atoms with Crippen LogP contribution in [0.1, 0.15) is 40.0 Å². The number of hydrogen-bond donors (Lipinski definition) is 0. The van der Waals surface area contributed by atoms with Gasteiger partial charge in [0.1, 0.15) is 5.75 Å². The second kappa shape index (κ2) is 8.54. The molecule has 0 aliphatic carbocycles. The maximum atomic E-state index is 13.3. The van der Waals surface area contributed by atoms with Gasteiger partial charge >= 0.3 is 0 Å². The molecule has 1 atom stereocenters. The average molecular weight is 359 g/mol. The molecule has 0 fully saturated rings. The molecule has 3 heteroatoms. The standard InChI is InChI=1S/C24H25NO2/c1-4-25(24(26)20-10-6-5-7-11-20)23(19-16-14-18(2)15-17-19)21-12-8-9-13-22(21)27-3/h5-17,23H,4H2,1-3H3. The second-order valence-corrected chi connectivity index (χ2v) is 6.51. The van der Waals surface area contributed by atoms with Crippen molar-refractivity contribution in [2.75, 3.05) is 13.7 Å². The molecule has 3 nitrogen and oxygen atoms in total. The highest BCUT2D eigenvalue weighted by atomic mass is 16.5. The fourth-order valence-corrected chi connectivity index (χ4v) is 3.36. The Morgan fingerprint density at radius 2 is 1.56 bits per heavy atom. The van der Waals surface area contributed by atoms with E-state index < -0.39 is 0 Å². The molecule has 27 heavy (non-hydrogen) atoms. The molecule has 0 saturated heterocycles. The summed E-state index contributed by atoms with van der Waals surface area (Å²) < 4.78 is 5.61. The minimum Gasteiger partial charge on any atom is -0.496 e. The first-order valence-corrected chi connectivity index (χ1v) is 9.21. The first kappa shape index (κ1) is 18.7. The van der Waals surface area contributed by atoms with E-state index in [1.165, 1.54) is 5.56 Å². The first-order valence-electron chi connectivity index (χ1n) is 9.21. The van der Waals surface area contributed by atoms with Gasteiger partial charge in [-0.05, 0) is 37.6 Å². The van der Waals surface area contributed by atoms with Gasteiger partial charge in [-0.15, -0.1) is 0 Å². The van der Waals surface area contributed by atoms with E-state index in [1.54, 1.807) is 7.11 Å². The van der Waals surface area contributed by atoms with Gasteiger partial charge in [0.2, 0.25) is 0 Å². The number of carbonyl (C=O) groups is 1. The number of benzene rings is 3. The average Bonchev–Trinajstić information content (AvgIpc) is 2.73. The van der Waals surface area contributed by atoms with E-state index in [0.717, 1.165) is 16.9 Å². The lowest BCUT2D eigenvalue weighted by Gasteiger charge is -2.33. The third kappa shape index (κ3) is 4.03. The number of ether oxygens (including phenoxy) is 1. The van der Waals surface area contributed by atoms with Gasteiger partial charge in [0.05, 0.1) is 13.2 Å². The highest BCUT2D eigenvalue weighted by Crippen LogP contribution is 2.35. The van der Waals surface area contributed by atoms with Crippen LogP contribution in [0.5, 0.6) is 5.75 Å². The van der Waals surface area contributed by atoms with Crippen LogP contribution in [0.2, 0.25) is 0 Å². The molecule has 3 aromatic carbocycles. The van der Waals surface area contributed by atoms with Crippen molar-refractivity contribution in [3.8, 4) is 5.75 Å². The summed E-state index contributed by atoms with van der Waals surface area (Å²) in [5, 5.41) is 0. The summed E-state index contributed by atoms with van der Waals surface area (Å²) in [6.45, 7) is 4.66. The van der Waals surface area contributed by atoms with Crippen molar-refractivity contribution in [2.45, 2.75) is 19.9 Å². The lowest BCUT2D eigenvalue weighted by Crippen LogP contribution is -2.35. The van der Waals surface area contributed by atoms with Crippen molar-refractivity contribution in [2.24, 2.45) is 0 Å². The van der Waals surface area contributed by atoms with Gasteiger partial charge < -0.3 is 9.64 Å². The number of carbonyl (C=O) groups excluding carboxylic acids is 1. The van der Waals surface area contributed by atoms with Gasteiger partial charge in [-0.25, -0.2) is 0 Å². The normalized spacial score (nSPS) is 11.7. The van der Waals surface area contributed by atoms with E-state index in [4.69, 9.17) is 4.74 Å². The van der Waals surface area contributed by atoms with Gasteiger partial charge in [0.15, 0.2) is 0 Å². The SMILES string of the molecule is CCN(C(=O)c1ccccc1)C(c1ccc(C)cc1)c1ccccc1OC. The van der Waals surface area contributed by atoms with Crippen molar-refractivity contribution in [1.29, 1.82) is 0 Å². The fourth-order valence-electron chi connectivity index (χ4n) is 3.36. The van der Waals surface area contributed by atoms with Gasteiger partial charge in [-0.3, -0.25) is 4.79 Å². The summed E-state index contributed by atoms with van der Waals surface area (Å²) in [5.41, 5.74) is 3.92. The van der Waals surface area contributed by atoms with Crippen LogP contribution in [0.3, 0.4) is 0 Å². The van der Waals surface area contributed by atoms with Gasteiger partial charge in [-0.1, -0.05) is 66.2 Å². The summed E-state index contributed by atoms with van der Waals surface area (Å²) in [5.74, 6) is 0.789. The first-order chi connectivity index (χ1) is 13.2. The van der Waals surface area contributed by atoms with E-state index in [1.807, 2.05) is 66.4 Å². The van der Waals surface area contributed by atoms with Crippen LogP contribution in [0.4, 0.5) is 0 Å². The number of para-hydroxylation sites is 1. The predicted molar refractivity (Wildman–Crippen MR) is 109 cm³/mol. The van der Waals surface area contributed by atoms with Crippen molar-refractivity contribution in [3.05, 3.63) is 101 Å². The van der Waals surface area contributed by atoms with E-state index in [-0.39, 0.29) is 11.9 Å². The van der Waals surface area contributed by atoms with Crippen LogP contribution in [-0.2, 0) is 0 Å². The molecular formula is C24H25NO2. The summed E-state index contributed by atoms with van der Waals surface area (Å²) in [6.07, 6.45) is 0. The van der Waals surface area contributed by atoms with Gasteiger partial charge in [0.25, 0.3) is 5.91 Å². The molecule has 0 saturated carbocycles. The topological polar surface area (TPSA) is 29.5 Å². The van der Waals surface area contributed by atoms with E-state index in [2.05, 4.69) is 31.2 Å². The Morgan fingerprint density at radius 3 is 2.19 bits per heavy atom. The summed E-state index contributed by atoms with van der Waals surface area (Å²) >= 11 is 0. The van der Waals surface area contributed by atoms with Gasteiger partial charge in [-0.2, -0.15) is 0 Å². The zero-order valence-electron chi connectivity index (χ0n) is 16.1. The number of aryl methyl sites for hydroxylation is 1. The molecule has 0 aliphatic heterocycles. The Balaban J connectivity index is 2.13. The monoisotopic (exact) mass is 359 g/mol. The van der Waals surface area contributed by atoms with Crippen LogP contribution in [-0.4, -0.2) is 24.5 Å². The Bertz CT molecular complexity index is 888. The van der Waals surface area contributed by atoms with E-state index >= 15 is 0 Å². The molecule has 3 rings (SSSR count). The molecule has 3 aromatic rings. The number of methoxy groups -OCH3 is 1. The van der Waals surface area contributed by atoms with Crippen LogP contribution in [0, 0.1) is 6.92 Å². The summed E-state index contributed by atoms with van der Waals surface area (Å²) in [4.78, 5) is 15.2. The molecule has 0 N–H and O–H groups in total. The van der Waals surface area contributed by atoms with Crippen LogP contribution < -0.4 is 4.74 Å². The van der Waals surface area contributed by atoms with Gasteiger partial charge in [0, 0.05) is 17.7 Å². The smallest absolute Gasteiger partial charge is 0.254 e. The minimum absolute atomic E-state index is 0.00887. The maximum absolute atomic E-state index is 13.3. The largest absolute Gasteiger partial charge is 0.496 e. The Kier molecular flexibility index (Phi) is 5.92. The number of amides is 1. The van der Waals surface area contributed by atoms with Crippen LogP contribution in [0.15, 0.2) is 78.9 Å². The third-order valence-corrected chi connectivity index (χ3v) is 4.76. The second-order valence-electron chi connectivity index (χ2n) is 6.51. The number of nitrogens with zero attached hydrogens (tertiary/aromatic N) is 1. The predicted octanol–water partition coefficient (Wildman–Crippen LogP) is 5.26. The summed E-state index contributed by atoms with van der Waals surface area (Å²) in [6, 6.07) is 25.5. The quantitative estimate of drug-likeness (QED) is 0.601.